The lowest BCUT2D eigenvalue weighted by Gasteiger charge is -2.10. The van der Waals surface area contributed by atoms with Crippen molar-refractivity contribution in [1.82, 2.24) is 4.98 Å². The highest BCUT2D eigenvalue weighted by Gasteiger charge is 2.15. The summed E-state index contributed by atoms with van der Waals surface area (Å²) in [6.45, 7) is 0. The van der Waals surface area contributed by atoms with Crippen molar-refractivity contribution in [2.45, 2.75) is 0 Å². The Morgan fingerprint density at radius 3 is 2.46 bits per heavy atom. The lowest BCUT2D eigenvalue weighted by molar-refractivity contribution is 0.102. The van der Waals surface area contributed by atoms with E-state index in [1.54, 1.807) is 35.7 Å². The van der Waals surface area contributed by atoms with Crippen molar-refractivity contribution >= 4 is 39.8 Å². The van der Waals surface area contributed by atoms with Crippen LogP contribution in [0.25, 0.3) is 0 Å². The topological polar surface area (TPSA) is 102 Å². The minimum Gasteiger partial charge on any atom is -0.497 e. The summed E-state index contributed by atoms with van der Waals surface area (Å²) in [6, 6.07) is 13.6. The molecule has 0 saturated heterocycles. The molecule has 0 bridgehead atoms. The van der Waals surface area contributed by atoms with Gasteiger partial charge < -0.3 is 20.1 Å². The molecule has 3 N–H and O–H groups in total. The van der Waals surface area contributed by atoms with Gasteiger partial charge in [-0.1, -0.05) is 18.2 Å². The van der Waals surface area contributed by atoms with E-state index in [1.807, 2.05) is 18.2 Å². The zero-order chi connectivity index (χ0) is 19.9. The molecule has 9 heteroatoms. The van der Waals surface area contributed by atoms with Crippen LogP contribution in [0.2, 0.25) is 0 Å². The monoisotopic (exact) mass is 398 g/mol. The van der Waals surface area contributed by atoms with E-state index in [0.29, 0.717) is 28.0 Å². The summed E-state index contributed by atoms with van der Waals surface area (Å²) in [4.78, 5) is 28.6. The van der Waals surface area contributed by atoms with Crippen LogP contribution < -0.4 is 25.4 Å². The van der Waals surface area contributed by atoms with Gasteiger partial charge in [0.05, 0.1) is 19.9 Å². The number of methoxy groups -OCH3 is 2. The Hall–Kier alpha value is -3.59. The summed E-state index contributed by atoms with van der Waals surface area (Å²) in [6.07, 6.45) is 0. The molecule has 3 aromatic rings. The van der Waals surface area contributed by atoms with Crippen LogP contribution in [0.3, 0.4) is 0 Å². The van der Waals surface area contributed by atoms with Gasteiger partial charge in [-0.3, -0.25) is 10.1 Å². The highest BCUT2D eigenvalue weighted by atomic mass is 32.1. The van der Waals surface area contributed by atoms with Gasteiger partial charge in [-0.25, -0.2) is 9.78 Å². The molecule has 0 aliphatic heterocycles. The minimum atomic E-state index is -0.443. The van der Waals surface area contributed by atoms with E-state index in [4.69, 9.17) is 9.47 Å². The van der Waals surface area contributed by atoms with Crippen molar-refractivity contribution in [3.63, 3.8) is 0 Å². The summed E-state index contributed by atoms with van der Waals surface area (Å²) in [5, 5.41) is 9.87. The first-order valence-electron chi connectivity index (χ1n) is 8.21. The highest BCUT2D eigenvalue weighted by molar-refractivity contribution is 7.14. The van der Waals surface area contributed by atoms with Crippen LogP contribution in [-0.4, -0.2) is 31.1 Å². The maximum Gasteiger partial charge on any atom is 0.325 e. The Bertz CT molecular complexity index is 975. The van der Waals surface area contributed by atoms with Crippen molar-refractivity contribution in [1.29, 1.82) is 0 Å². The zero-order valence-electron chi connectivity index (χ0n) is 15.2. The van der Waals surface area contributed by atoms with E-state index in [9.17, 15) is 9.59 Å². The molecule has 3 rings (SSSR count). The van der Waals surface area contributed by atoms with Gasteiger partial charge in [-0.05, 0) is 24.3 Å². The number of thiazole rings is 1. The molecule has 0 atom stereocenters. The number of amides is 3. The van der Waals surface area contributed by atoms with Crippen LogP contribution in [0.4, 0.5) is 21.3 Å². The van der Waals surface area contributed by atoms with Gasteiger partial charge in [0.25, 0.3) is 5.91 Å². The Labute approximate surface area is 165 Å². The molecule has 0 radical (unpaired) electrons. The number of ether oxygens (including phenoxy) is 2. The van der Waals surface area contributed by atoms with E-state index in [2.05, 4.69) is 20.9 Å². The first-order valence-corrected chi connectivity index (χ1v) is 9.09. The Balaban J connectivity index is 1.65. The average molecular weight is 398 g/mol. The third kappa shape index (κ3) is 4.77. The van der Waals surface area contributed by atoms with Crippen molar-refractivity contribution < 1.29 is 19.1 Å². The molecule has 0 aliphatic carbocycles. The number of carbonyl (C=O) groups excluding carboxylic acids is 2. The van der Waals surface area contributed by atoms with E-state index < -0.39 is 11.9 Å². The summed E-state index contributed by atoms with van der Waals surface area (Å²) in [7, 11) is 3.04. The average Bonchev–Trinajstić information content (AvgIpc) is 3.17. The standard InChI is InChI=1S/C19H18N4O4S/c1-26-13-8-9-16(27-2)14(10-13)21-17(24)15-11-28-19(22-15)23-18(25)20-12-6-4-3-5-7-12/h3-11H,1-2H3,(H,21,24)(H2,20,22,23,25). The van der Waals surface area contributed by atoms with Gasteiger partial charge in [0.1, 0.15) is 17.2 Å². The predicted molar refractivity (Wildman–Crippen MR) is 109 cm³/mol. The van der Waals surface area contributed by atoms with E-state index in [0.717, 1.165) is 11.3 Å². The van der Waals surface area contributed by atoms with Crippen LogP contribution in [-0.2, 0) is 0 Å². The lowest BCUT2D eigenvalue weighted by atomic mass is 10.2. The predicted octanol–water partition coefficient (Wildman–Crippen LogP) is 4.06. The smallest absolute Gasteiger partial charge is 0.325 e. The number of nitrogens with one attached hydrogen (secondary N) is 3. The van der Waals surface area contributed by atoms with Crippen LogP contribution in [0.1, 0.15) is 10.5 Å². The van der Waals surface area contributed by atoms with Gasteiger partial charge in [-0.2, -0.15) is 0 Å². The number of anilines is 3. The normalized spacial score (nSPS) is 10.1. The van der Waals surface area contributed by atoms with E-state index in [-0.39, 0.29) is 5.69 Å². The fourth-order valence-electron chi connectivity index (χ4n) is 2.31. The first-order chi connectivity index (χ1) is 13.6. The fourth-order valence-corrected chi connectivity index (χ4v) is 3.00. The second kappa shape index (κ2) is 8.87. The zero-order valence-corrected chi connectivity index (χ0v) is 16.0. The van der Waals surface area contributed by atoms with Gasteiger partial charge in [0.15, 0.2) is 5.13 Å². The molecule has 3 amide bonds. The minimum absolute atomic E-state index is 0.171. The van der Waals surface area contributed by atoms with Crippen LogP contribution in [0.5, 0.6) is 11.5 Å². The third-order valence-electron chi connectivity index (χ3n) is 3.64. The first kappa shape index (κ1) is 19.2. The number of urea groups is 1. The molecule has 0 spiro atoms. The molecule has 28 heavy (non-hydrogen) atoms. The quantitative estimate of drug-likeness (QED) is 0.581. The van der Waals surface area contributed by atoms with Gasteiger partial charge in [0, 0.05) is 17.1 Å². The Morgan fingerprint density at radius 2 is 1.75 bits per heavy atom. The second-order valence-corrected chi connectivity index (χ2v) is 6.36. The van der Waals surface area contributed by atoms with E-state index >= 15 is 0 Å². The third-order valence-corrected chi connectivity index (χ3v) is 4.40. The van der Waals surface area contributed by atoms with Crippen molar-refractivity contribution in [2.24, 2.45) is 0 Å². The fraction of sp³-hybridized carbons (Fsp3) is 0.105. The molecular formula is C19H18N4O4S. The summed E-state index contributed by atoms with van der Waals surface area (Å²) in [5.74, 6) is 0.638. The Morgan fingerprint density at radius 1 is 0.964 bits per heavy atom. The van der Waals surface area contributed by atoms with Crippen molar-refractivity contribution in [2.75, 3.05) is 30.2 Å². The number of nitrogens with zero attached hydrogens (tertiary/aromatic N) is 1. The molecule has 1 heterocycles. The number of carbonyl (C=O) groups is 2. The number of para-hydroxylation sites is 1. The van der Waals surface area contributed by atoms with Crippen LogP contribution in [0, 0.1) is 0 Å². The van der Waals surface area contributed by atoms with Crippen LogP contribution in [0.15, 0.2) is 53.9 Å². The number of rotatable bonds is 6. The number of hydrogen-bond acceptors (Lipinski definition) is 6. The molecular weight excluding hydrogens is 380 g/mol. The lowest BCUT2D eigenvalue weighted by Crippen LogP contribution is -2.19. The van der Waals surface area contributed by atoms with Gasteiger partial charge in [0.2, 0.25) is 0 Å². The summed E-state index contributed by atoms with van der Waals surface area (Å²) < 4.78 is 10.4. The van der Waals surface area contributed by atoms with E-state index in [1.165, 1.54) is 14.2 Å². The molecule has 8 nitrogen and oxygen atoms in total. The highest BCUT2D eigenvalue weighted by Crippen LogP contribution is 2.29. The van der Waals surface area contributed by atoms with Crippen LogP contribution >= 0.6 is 11.3 Å². The van der Waals surface area contributed by atoms with Crippen molar-refractivity contribution in [3.05, 3.63) is 59.6 Å². The summed E-state index contributed by atoms with van der Waals surface area (Å²) >= 11 is 1.15. The largest absolute Gasteiger partial charge is 0.497 e. The molecule has 0 saturated carbocycles. The van der Waals surface area contributed by atoms with Gasteiger partial charge >= 0.3 is 6.03 Å². The van der Waals surface area contributed by atoms with Crippen molar-refractivity contribution in [3.8, 4) is 11.5 Å². The molecule has 144 valence electrons. The maximum absolute atomic E-state index is 12.5. The number of aromatic nitrogens is 1. The molecule has 0 fully saturated rings. The molecule has 2 aromatic carbocycles. The maximum atomic E-state index is 12.5. The number of benzene rings is 2. The second-order valence-electron chi connectivity index (χ2n) is 5.50. The Kier molecular flexibility index (Phi) is 6.07. The summed E-state index contributed by atoms with van der Waals surface area (Å²) in [5.41, 5.74) is 1.28. The molecule has 0 aliphatic rings. The van der Waals surface area contributed by atoms with Gasteiger partial charge in [-0.15, -0.1) is 11.3 Å². The SMILES string of the molecule is COc1ccc(OC)c(NC(=O)c2csc(NC(=O)Nc3ccccc3)n2)c1. The number of hydrogen-bond donors (Lipinski definition) is 3. The molecule has 0 unspecified atom stereocenters. The molecule has 1 aromatic heterocycles.